The summed E-state index contributed by atoms with van der Waals surface area (Å²) in [6.45, 7) is 0. The van der Waals surface area contributed by atoms with Crippen molar-refractivity contribution in [1.82, 2.24) is 0 Å². The molecule has 25 heavy (non-hydrogen) atoms. The third-order valence-electron chi connectivity index (χ3n) is 4.56. The monoisotopic (exact) mass is 344 g/mol. The third kappa shape index (κ3) is 2.54. The van der Waals surface area contributed by atoms with E-state index in [1.807, 2.05) is 30.5 Å². The van der Waals surface area contributed by atoms with Gasteiger partial charge in [0.15, 0.2) is 0 Å². The molecule has 4 rings (SSSR count). The number of nitriles is 1. The van der Waals surface area contributed by atoms with Gasteiger partial charge in [-0.2, -0.15) is 5.26 Å². The molecule has 0 fully saturated rings. The van der Waals surface area contributed by atoms with E-state index in [-0.39, 0.29) is 11.8 Å². The van der Waals surface area contributed by atoms with Gasteiger partial charge in [-0.25, -0.2) is 0 Å². The van der Waals surface area contributed by atoms with Crippen LogP contribution in [0, 0.1) is 11.3 Å². The van der Waals surface area contributed by atoms with Crippen LogP contribution >= 0.6 is 11.8 Å². The minimum Gasteiger partial charge on any atom is -0.440 e. The standard InChI is InChI=1S/C21H16N2OS/c1-25-15-9-6-14(7-10-15)19-17(12-22)21(23)24-18-11-8-13-4-2-3-5-16(13)20(18)19/h2-11,19H,23H2,1H3/t19-/m1/s1. The summed E-state index contributed by atoms with van der Waals surface area (Å²) in [6.07, 6.45) is 2.05. The predicted octanol–water partition coefficient (Wildman–Crippen LogP) is 4.78. The van der Waals surface area contributed by atoms with Gasteiger partial charge in [0.2, 0.25) is 5.88 Å². The van der Waals surface area contributed by atoms with Crippen molar-refractivity contribution in [2.45, 2.75) is 10.8 Å². The maximum absolute atomic E-state index is 9.72. The van der Waals surface area contributed by atoms with Gasteiger partial charge in [-0.3, -0.25) is 0 Å². The van der Waals surface area contributed by atoms with E-state index >= 15 is 0 Å². The fraction of sp³-hybridized carbons (Fsp3) is 0.0952. The fourth-order valence-corrected chi connectivity index (χ4v) is 3.78. The average Bonchev–Trinajstić information content (AvgIpc) is 2.66. The minimum atomic E-state index is -0.226. The summed E-state index contributed by atoms with van der Waals surface area (Å²) >= 11 is 1.69. The van der Waals surface area contributed by atoms with Crippen LogP contribution in [0.1, 0.15) is 17.0 Å². The molecule has 0 aliphatic carbocycles. The molecule has 2 N–H and O–H groups in total. The normalized spacial score (nSPS) is 16.2. The molecule has 0 radical (unpaired) electrons. The van der Waals surface area contributed by atoms with Gasteiger partial charge in [0.05, 0.1) is 5.92 Å². The number of benzene rings is 3. The molecule has 0 aromatic heterocycles. The highest BCUT2D eigenvalue weighted by molar-refractivity contribution is 7.98. The highest BCUT2D eigenvalue weighted by Crippen LogP contribution is 2.45. The number of thioether (sulfide) groups is 1. The molecular weight excluding hydrogens is 328 g/mol. The van der Waals surface area contributed by atoms with Gasteiger partial charge in [-0.1, -0.05) is 42.5 Å². The molecule has 1 heterocycles. The summed E-state index contributed by atoms with van der Waals surface area (Å²) in [4.78, 5) is 1.18. The second-order valence-electron chi connectivity index (χ2n) is 5.90. The molecule has 0 unspecified atom stereocenters. The summed E-state index contributed by atoms with van der Waals surface area (Å²) in [7, 11) is 0. The van der Waals surface area contributed by atoms with Gasteiger partial charge in [-0.15, -0.1) is 11.8 Å². The van der Waals surface area contributed by atoms with E-state index in [4.69, 9.17) is 10.5 Å². The lowest BCUT2D eigenvalue weighted by atomic mass is 9.81. The summed E-state index contributed by atoms with van der Waals surface area (Å²) < 4.78 is 5.77. The third-order valence-corrected chi connectivity index (χ3v) is 5.31. The van der Waals surface area contributed by atoms with Crippen LogP contribution < -0.4 is 10.5 Å². The molecule has 0 amide bonds. The van der Waals surface area contributed by atoms with Crippen LogP contribution in [0.5, 0.6) is 5.75 Å². The molecule has 1 aliphatic rings. The topological polar surface area (TPSA) is 59.0 Å². The molecule has 122 valence electrons. The van der Waals surface area contributed by atoms with Crippen molar-refractivity contribution in [3.8, 4) is 11.8 Å². The molecule has 1 aliphatic heterocycles. The average molecular weight is 344 g/mol. The van der Waals surface area contributed by atoms with E-state index in [9.17, 15) is 5.26 Å². The molecule has 0 spiro atoms. The Balaban J connectivity index is 2.00. The van der Waals surface area contributed by atoms with Crippen molar-refractivity contribution < 1.29 is 4.74 Å². The number of allylic oxidation sites excluding steroid dienone is 1. The Morgan fingerprint density at radius 3 is 2.52 bits per heavy atom. The first-order valence-electron chi connectivity index (χ1n) is 7.96. The van der Waals surface area contributed by atoms with Crippen LogP contribution in [0.15, 0.2) is 77.0 Å². The van der Waals surface area contributed by atoms with E-state index < -0.39 is 0 Å². The molecule has 3 aromatic rings. The number of fused-ring (bicyclic) bond motifs is 3. The van der Waals surface area contributed by atoms with Crippen LogP contribution in [-0.4, -0.2) is 6.26 Å². The van der Waals surface area contributed by atoms with E-state index in [2.05, 4.69) is 42.5 Å². The molecule has 1 atom stereocenters. The Kier molecular flexibility index (Phi) is 3.87. The number of nitrogens with zero attached hydrogens (tertiary/aromatic N) is 1. The van der Waals surface area contributed by atoms with Crippen molar-refractivity contribution in [2.75, 3.05) is 6.26 Å². The second-order valence-corrected chi connectivity index (χ2v) is 6.78. The van der Waals surface area contributed by atoms with Crippen LogP contribution in [-0.2, 0) is 0 Å². The number of rotatable bonds is 2. The first-order chi connectivity index (χ1) is 12.2. The number of hydrogen-bond acceptors (Lipinski definition) is 4. The number of nitrogens with two attached hydrogens (primary N) is 1. The highest BCUT2D eigenvalue weighted by Gasteiger charge is 2.32. The van der Waals surface area contributed by atoms with Crippen molar-refractivity contribution in [3.05, 3.63) is 83.2 Å². The zero-order chi connectivity index (χ0) is 17.4. The molecule has 4 heteroatoms. The molecular formula is C21H16N2OS. The Bertz CT molecular complexity index is 1030. The predicted molar refractivity (Wildman–Crippen MR) is 101 cm³/mol. The van der Waals surface area contributed by atoms with Crippen LogP contribution in [0.2, 0.25) is 0 Å². The van der Waals surface area contributed by atoms with E-state index in [0.717, 1.165) is 21.9 Å². The zero-order valence-electron chi connectivity index (χ0n) is 13.7. The van der Waals surface area contributed by atoms with Crippen molar-refractivity contribution in [2.24, 2.45) is 5.73 Å². The Morgan fingerprint density at radius 1 is 1.04 bits per heavy atom. The summed E-state index contributed by atoms with van der Waals surface area (Å²) in [5.74, 6) is 0.675. The highest BCUT2D eigenvalue weighted by atomic mass is 32.2. The smallest absolute Gasteiger partial charge is 0.205 e. The first kappa shape index (κ1) is 15.6. The molecule has 3 aromatic carbocycles. The summed E-state index contributed by atoms with van der Waals surface area (Å²) in [5.41, 5.74) is 8.56. The lowest BCUT2D eigenvalue weighted by Gasteiger charge is -2.28. The van der Waals surface area contributed by atoms with Crippen molar-refractivity contribution >= 4 is 22.5 Å². The Morgan fingerprint density at radius 2 is 1.80 bits per heavy atom. The molecule has 3 nitrogen and oxygen atoms in total. The van der Waals surface area contributed by atoms with Crippen LogP contribution in [0.3, 0.4) is 0 Å². The lowest BCUT2D eigenvalue weighted by Crippen LogP contribution is -2.21. The van der Waals surface area contributed by atoms with Crippen LogP contribution in [0.4, 0.5) is 0 Å². The van der Waals surface area contributed by atoms with Gasteiger partial charge >= 0.3 is 0 Å². The van der Waals surface area contributed by atoms with E-state index in [1.165, 1.54) is 4.90 Å². The van der Waals surface area contributed by atoms with Crippen LogP contribution in [0.25, 0.3) is 10.8 Å². The maximum Gasteiger partial charge on any atom is 0.205 e. The lowest BCUT2D eigenvalue weighted by molar-refractivity contribution is 0.395. The molecule has 0 bridgehead atoms. The quantitative estimate of drug-likeness (QED) is 0.680. The zero-order valence-corrected chi connectivity index (χ0v) is 14.5. The van der Waals surface area contributed by atoms with Gasteiger partial charge in [0.1, 0.15) is 17.4 Å². The summed E-state index contributed by atoms with van der Waals surface area (Å²) in [5, 5.41) is 11.9. The van der Waals surface area contributed by atoms with E-state index in [0.29, 0.717) is 11.3 Å². The minimum absolute atomic E-state index is 0.184. The summed E-state index contributed by atoms with van der Waals surface area (Å²) in [6, 6.07) is 22.6. The molecule has 0 saturated carbocycles. The van der Waals surface area contributed by atoms with Gasteiger partial charge in [-0.05, 0) is 40.8 Å². The second kappa shape index (κ2) is 6.19. The van der Waals surface area contributed by atoms with Gasteiger partial charge in [0.25, 0.3) is 0 Å². The number of ether oxygens (including phenoxy) is 1. The SMILES string of the molecule is CSc1ccc([C@@H]2C(C#N)=C(N)Oc3ccc4ccccc4c32)cc1. The largest absolute Gasteiger partial charge is 0.440 e. The Labute approximate surface area is 150 Å². The fourth-order valence-electron chi connectivity index (χ4n) is 3.37. The van der Waals surface area contributed by atoms with Crippen molar-refractivity contribution in [1.29, 1.82) is 5.26 Å². The first-order valence-corrected chi connectivity index (χ1v) is 9.18. The maximum atomic E-state index is 9.72. The van der Waals surface area contributed by atoms with Gasteiger partial charge < -0.3 is 10.5 Å². The van der Waals surface area contributed by atoms with Gasteiger partial charge in [0, 0.05) is 10.5 Å². The van der Waals surface area contributed by atoms with E-state index in [1.54, 1.807) is 11.8 Å². The Hall–Kier alpha value is -2.90. The molecule has 0 saturated heterocycles. The van der Waals surface area contributed by atoms with Crippen molar-refractivity contribution in [3.63, 3.8) is 0 Å². The number of hydrogen-bond donors (Lipinski definition) is 1.